The average molecular weight is 295 g/mol. The van der Waals surface area contributed by atoms with Crippen LogP contribution in [0.3, 0.4) is 0 Å². The Hall–Kier alpha value is -1.40. The van der Waals surface area contributed by atoms with E-state index < -0.39 is 6.03 Å². The van der Waals surface area contributed by atoms with Gasteiger partial charge in [-0.15, -0.1) is 11.3 Å². The topological polar surface area (TPSA) is 61.4 Å². The van der Waals surface area contributed by atoms with Gasteiger partial charge in [0.05, 0.1) is 6.04 Å². The van der Waals surface area contributed by atoms with Crippen LogP contribution in [-0.2, 0) is 11.3 Å². The number of carbonyl (C=O) groups excluding carboxylic acids is 2. The van der Waals surface area contributed by atoms with Gasteiger partial charge < -0.3 is 5.32 Å². The summed E-state index contributed by atoms with van der Waals surface area (Å²) in [7, 11) is 0. The molecular weight excluding hydrogens is 274 g/mol. The summed E-state index contributed by atoms with van der Waals surface area (Å²) in [5.41, 5.74) is 0. The smallest absolute Gasteiger partial charge is 0.321 e. The standard InChI is InChI=1S/C14H21N3O2S/c1-3-15-14(19)16-13(18)10(2)17(11-6-7-11)9-12-5-4-8-20-12/h4-5,8,10-11H,3,6-7,9H2,1-2H3,(H2,15,16,18,19). The number of thiophene rings is 1. The molecule has 0 radical (unpaired) electrons. The first-order chi connectivity index (χ1) is 9.61. The summed E-state index contributed by atoms with van der Waals surface area (Å²) in [4.78, 5) is 27.0. The third-order valence-electron chi connectivity index (χ3n) is 3.39. The highest BCUT2D eigenvalue weighted by atomic mass is 32.1. The van der Waals surface area contributed by atoms with Crippen molar-refractivity contribution in [3.8, 4) is 0 Å². The third-order valence-corrected chi connectivity index (χ3v) is 4.25. The molecule has 2 rings (SSSR count). The van der Waals surface area contributed by atoms with Crippen LogP contribution in [-0.4, -0.2) is 35.5 Å². The molecule has 6 heteroatoms. The highest BCUT2D eigenvalue weighted by Crippen LogP contribution is 2.30. The van der Waals surface area contributed by atoms with Crippen LogP contribution in [0.5, 0.6) is 0 Å². The van der Waals surface area contributed by atoms with Gasteiger partial charge in [-0.05, 0) is 38.1 Å². The molecule has 0 bridgehead atoms. The lowest BCUT2D eigenvalue weighted by molar-refractivity contribution is -0.125. The lowest BCUT2D eigenvalue weighted by atomic mass is 10.2. The molecule has 110 valence electrons. The first-order valence-electron chi connectivity index (χ1n) is 6.98. The van der Waals surface area contributed by atoms with E-state index >= 15 is 0 Å². The summed E-state index contributed by atoms with van der Waals surface area (Å²) < 4.78 is 0. The lowest BCUT2D eigenvalue weighted by Gasteiger charge is -2.27. The van der Waals surface area contributed by atoms with Crippen LogP contribution in [0.25, 0.3) is 0 Å². The molecule has 1 unspecified atom stereocenters. The number of urea groups is 1. The minimum atomic E-state index is -0.420. The zero-order chi connectivity index (χ0) is 14.5. The first kappa shape index (κ1) is 15.0. The van der Waals surface area contributed by atoms with Crippen LogP contribution >= 0.6 is 11.3 Å². The van der Waals surface area contributed by atoms with Gasteiger partial charge in [0.2, 0.25) is 5.91 Å². The second-order valence-electron chi connectivity index (χ2n) is 5.01. The van der Waals surface area contributed by atoms with Crippen molar-refractivity contribution < 1.29 is 9.59 Å². The van der Waals surface area contributed by atoms with Crippen molar-refractivity contribution in [1.82, 2.24) is 15.5 Å². The monoisotopic (exact) mass is 295 g/mol. The van der Waals surface area contributed by atoms with Crippen molar-refractivity contribution in [2.45, 2.75) is 45.3 Å². The predicted molar refractivity (Wildman–Crippen MR) is 79.6 cm³/mol. The Morgan fingerprint density at radius 3 is 2.80 bits per heavy atom. The van der Waals surface area contributed by atoms with Gasteiger partial charge in [0.1, 0.15) is 0 Å². The van der Waals surface area contributed by atoms with E-state index in [9.17, 15) is 9.59 Å². The fourth-order valence-corrected chi connectivity index (χ4v) is 2.86. The SMILES string of the molecule is CCNC(=O)NC(=O)C(C)N(Cc1cccs1)C1CC1. The van der Waals surface area contributed by atoms with Gasteiger partial charge in [0.15, 0.2) is 0 Å². The molecule has 1 aliphatic carbocycles. The van der Waals surface area contributed by atoms with E-state index in [1.807, 2.05) is 25.3 Å². The molecule has 0 saturated heterocycles. The molecule has 1 saturated carbocycles. The molecular formula is C14H21N3O2S. The fraction of sp³-hybridized carbons (Fsp3) is 0.571. The molecule has 0 aliphatic heterocycles. The first-order valence-corrected chi connectivity index (χ1v) is 7.86. The number of amides is 3. The fourth-order valence-electron chi connectivity index (χ4n) is 2.14. The van der Waals surface area contributed by atoms with Crippen LogP contribution in [0.2, 0.25) is 0 Å². The van der Waals surface area contributed by atoms with Gasteiger partial charge >= 0.3 is 6.03 Å². The second-order valence-corrected chi connectivity index (χ2v) is 6.04. The van der Waals surface area contributed by atoms with E-state index in [2.05, 4.69) is 21.6 Å². The molecule has 1 atom stereocenters. The summed E-state index contributed by atoms with van der Waals surface area (Å²) in [6, 6.07) is 3.84. The number of imide groups is 1. The van der Waals surface area contributed by atoms with E-state index in [1.165, 1.54) is 4.88 Å². The van der Waals surface area contributed by atoms with Gasteiger partial charge in [-0.25, -0.2) is 4.79 Å². The zero-order valence-electron chi connectivity index (χ0n) is 11.9. The predicted octanol–water partition coefficient (Wildman–Crippen LogP) is 1.95. The van der Waals surface area contributed by atoms with E-state index in [0.29, 0.717) is 12.6 Å². The maximum atomic E-state index is 12.1. The Labute approximate surface area is 123 Å². The van der Waals surface area contributed by atoms with Gasteiger partial charge in [-0.3, -0.25) is 15.0 Å². The minimum absolute atomic E-state index is 0.237. The molecule has 3 amide bonds. The van der Waals surface area contributed by atoms with Crippen molar-refractivity contribution in [3.63, 3.8) is 0 Å². The zero-order valence-corrected chi connectivity index (χ0v) is 12.7. The summed E-state index contributed by atoms with van der Waals surface area (Å²) in [6.45, 7) is 4.96. The number of rotatable bonds is 6. The Morgan fingerprint density at radius 2 is 2.25 bits per heavy atom. The molecule has 0 spiro atoms. The van der Waals surface area contributed by atoms with Gasteiger partial charge in [0, 0.05) is 24.0 Å². The van der Waals surface area contributed by atoms with Crippen molar-refractivity contribution in [1.29, 1.82) is 0 Å². The Balaban J connectivity index is 1.94. The lowest BCUT2D eigenvalue weighted by Crippen LogP contribution is -2.50. The van der Waals surface area contributed by atoms with Crippen LogP contribution in [0, 0.1) is 0 Å². The molecule has 20 heavy (non-hydrogen) atoms. The van der Waals surface area contributed by atoms with Crippen molar-refractivity contribution >= 4 is 23.3 Å². The molecule has 1 fully saturated rings. The van der Waals surface area contributed by atoms with Crippen molar-refractivity contribution in [3.05, 3.63) is 22.4 Å². The quantitative estimate of drug-likeness (QED) is 0.843. The van der Waals surface area contributed by atoms with E-state index in [1.54, 1.807) is 11.3 Å². The molecule has 2 N–H and O–H groups in total. The van der Waals surface area contributed by atoms with Crippen LogP contribution < -0.4 is 10.6 Å². The van der Waals surface area contributed by atoms with Crippen molar-refractivity contribution in [2.24, 2.45) is 0 Å². The van der Waals surface area contributed by atoms with Crippen molar-refractivity contribution in [2.75, 3.05) is 6.54 Å². The van der Waals surface area contributed by atoms with E-state index in [0.717, 1.165) is 19.4 Å². The van der Waals surface area contributed by atoms with Crippen LogP contribution in [0.4, 0.5) is 4.79 Å². The Bertz CT molecular complexity index is 457. The number of nitrogens with one attached hydrogen (secondary N) is 2. The number of hydrogen-bond donors (Lipinski definition) is 2. The molecule has 0 aromatic carbocycles. The largest absolute Gasteiger partial charge is 0.338 e. The Kier molecular flexibility index (Phi) is 5.14. The summed E-state index contributed by atoms with van der Waals surface area (Å²) in [6.07, 6.45) is 2.26. The molecule has 5 nitrogen and oxygen atoms in total. The second kappa shape index (κ2) is 6.85. The van der Waals surface area contributed by atoms with Gasteiger partial charge in [-0.2, -0.15) is 0 Å². The normalized spacial score (nSPS) is 15.9. The maximum absolute atomic E-state index is 12.1. The summed E-state index contributed by atoms with van der Waals surface area (Å²) >= 11 is 1.69. The third kappa shape index (κ3) is 4.05. The number of nitrogens with zero attached hydrogens (tertiary/aromatic N) is 1. The van der Waals surface area contributed by atoms with E-state index in [4.69, 9.17) is 0 Å². The molecule has 1 aromatic heterocycles. The number of hydrogen-bond acceptors (Lipinski definition) is 4. The van der Waals surface area contributed by atoms with Crippen LogP contribution in [0.1, 0.15) is 31.6 Å². The van der Waals surface area contributed by atoms with E-state index in [-0.39, 0.29) is 11.9 Å². The van der Waals surface area contributed by atoms with Gasteiger partial charge in [-0.1, -0.05) is 6.07 Å². The Morgan fingerprint density at radius 1 is 1.50 bits per heavy atom. The average Bonchev–Trinajstić information content (AvgIpc) is 3.12. The number of carbonyl (C=O) groups is 2. The highest BCUT2D eigenvalue weighted by molar-refractivity contribution is 7.09. The molecule has 1 aliphatic rings. The summed E-state index contributed by atoms with van der Waals surface area (Å²) in [5.74, 6) is -0.237. The highest BCUT2D eigenvalue weighted by Gasteiger charge is 2.35. The van der Waals surface area contributed by atoms with Gasteiger partial charge in [0.25, 0.3) is 0 Å². The summed E-state index contributed by atoms with van der Waals surface area (Å²) in [5, 5.41) is 7.01. The molecule has 1 heterocycles. The maximum Gasteiger partial charge on any atom is 0.321 e. The van der Waals surface area contributed by atoms with Crippen LogP contribution in [0.15, 0.2) is 17.5 Å². The minimum Gasteiger partial charge on any atom is -0.338 e. The molecule has 1 aromatic rings.